The Kier molecular flexibility index (Phi) is 5.59. The Bertz CT molecular complexity index is 848. The molecule has 2 heterocycles. The third-order valence-electron chi connectivity index (χ3n) is 4.39. The number of benzene rings is 1. The molecule has 0 unspecified atom stereocenters. The molecule has 0 radical (unpaired) electrons. The van der Waals surface area contributed by atoms with Gasteiger partial charge in [-0.3, -0.25) is 4.79 Å². The summed E-state index contributed by atoms with van der Waals surface area (Å²) < 4.78 is 11.3. The van der Waals surface area contributed by atoms with E-state index in [0.717, 1.165) is 16.9 Å². The number of amides is 1. The largest absolute Gasteiger partial charge is 0.490 e. The number of hydrogen-bond acceptors (Lipinski definition) is 5. The molecule has 0 aliphatic carbocycles. The summed E-state index contributed by atoms with van der Waals surface area (Å²) >= 11 is 0. The molecule has 27 heavy (non-hydrogen) atoms. The van der Waals surface area contributed by atoms with Crippen LogP contribution in [0.4, 0.5) is 0 Å². The average molecular weight is 370 g/mol. The van der Waals surface area contributed by atoms with Crippen molar-refractivity contribution in [2.75, 3.05) is 19.8 Å². The Morgan fingerprint density at radius 2 is 1.78 bits per heavy atom. The third-order valence-corrected chi connectivity index (χ3v) is 4.39. The molecule has 1 aliphatic rings. The van der Waals surface area contributed by atoms with Gasteiger partial charge in [0.25, 0.3) is 5.91 Å². The molecular weight excluding hydrogens is 348 g/mol. The first kappa shape index (κ1) is 18.7. The highest BCUT2D eigenvalue weighted by atomic mass is 16.5. The Balaban J connectivity index is 1.81. The maximum absolute atomic E-state index is 12.8. The van der Waals surface area contributed by atoms with Crippen LogP contribution in [0.1, 0.15) is 45.8 Å². The van der Waals surface area contributed by atoms with E-state index >= 15 is 0 Å². The number of ether oxygens (including phenoxy) is 2. The van der Waals surface area contributed by atoms with Gasteiger partial charge in [0.15, 0.2) is 11.5 Å². The molecule has 1 aromatic heterocycles. The predicted octanol–water partition coefficient (Wildman–Crippen LogP) is 2.78. The summed E-state index contributed by atoms with van der Waals surface area (Å²) in [7, 11) is 0. The normalized spacial score (nSPS) is 13.0. The molecule has 2 aromatic rings. The number of carboxylic acids is 1. The van der Waals surface area contributed by atoms with Crippen molar-refractivity contribution in [3.8, 4) is 11.5 Å². The Morgan fingerprint density at radius 1 is 1.11 bits per heavy atom. The zero-order valence-electron chi connectivity index (χ0n) is 15.4. The van der Waals surface area contributed by atoms with E-state index in [2.05, 4.69) is 4.98 Å². The zero-order valence-corrected chi connectivity index (χ0v) is 15.4. The van der Waals surface area contributed by atoms with Crippen molar-refractivity contribution in [3.63, 3.8) is 0 Å². The Morgan fingerprint density at radius 3 is 2.33 bits per heavy atom. The molecule has 0 saturated heterocycles. The van der Waals surface area contributed by atoms with Crippen molar-refractivity contribution in [3.05, 3.63) is 52.8 Å². The molecule has 3 rings (SSSR count). The highest BCUT2D eigenvalue weighted by Crippen LogP contribution is 2.34. The number of hydrogen-bond donors (Lipinski definition) is 1. The average Bonchev–Trinajstić information content (AvgIpc) is 2.68. The Hall–Kier alpha value is -3.09. The quantitative estimate of drug-likeness (QED) is 0.841. The van der Waals surface area contributed by atoms with Gasteiger partial charge in [0.05, 0.1) is 18.8 Å². The molecule has 142 valence electrons. The summed E-state index contributed by atoms with van der Waals surface area (Å²) in [6, 6.07) is 6.77. The molecule has 0 fully saturated rings. The molecule has 0 spiro atoms. The first-order chi connectivity index (χ1) is 13.0. The fraction of sp³-hybridized carbons (Fsp3) is 0.350. The maximum Gasteiger partial charge on any atom is 0.354 e. The lowest BCUT2D eigenvalue weighted by Crippen LogP contribution is -2.36. The highest BCUT2D eigenvalue weighted by Gasteiger charge is 2.24. The van der Waals surface area contributed by atoms with Crippen LogP contribution in [0.5, 0.6) is 11.5 Å². The van der Waals surface area contributed by atoms with E-state index in [1.807, 2.05) is 26.0 Å². The van der Waals surface area contributed by atoms with Crippen LogP contribution in [-0.2, 0) is 13.0 Å². The standard InChI is InChI=1S/C20H22N2O5/c1-3-26-17-9-13-7-8-22(12-15(13)10-18(17)27-4-2)19(23)14-5-6-16(20(24)25)21-11-14/h5-6,9-11H,3-4,7-8,12H2,1-2H3,(H,24,25). The lowest BCUT2D eigenvalue weighted by atomic mass is 9.98. The second kappa shape index (κ2) is 8.07. The van der Waals surface area contributed by atoms with Gasteiger partial charge < -0.3 is 19.5 Å². The summed E-state index contributed by atoms with van der Waals surface area (Å²) in [6.07, 6.45) is 2.03. The summed E-state index contributed by atoms with van der Waals surface area (Å²) in [5.41, 5.74) is 2.46. The van der Waals surface area contributed by atoms with Crippen LogP contribution in [0.25, 0.3) is 0 Å². The Labute approximate surface area is 157 Å². The molecule has 0 atom stereocenters. The van der Waals surface area contributed by atoms with Gasteiger partial charge in [0, 0.05) is 19.3 Å². The lowest BCUT2D eigenvalue weighted by Gasteiger charge is -2.30. The van der Waals surface area contributed by atoms with E-state index in [-0.39, 0.29) is 11.6 Å². The van der Waals surface area contributed by atoms with Crippen LogP contribution < -0.4 is 9.47 Å². The number of fused-ring (bicyclic) bond motifs is 1. The van der Waals surface area contributed by atoms with Crippen molar-refractivity contribution >= 4 is 11.9 Å². The van der Waals surface area contributed by atoms with E-state index in [1.54, 1.807) is 4.90 Å². The second-order valence-electron chi connectivity index (χ2n) is 6.15. The van der Waals surface area contributed by atoms with Crippen LogP contribution in [0, 0.1) is 0 Å². The lowest BCUT2D eigenvalue weighted by molar-refractivity contribution is 0.0685. The number of carboxylic acid groups (broad SMARTS) is 1. The van der Waals surface area contributed by atoms with E-state index in [0.29, 0.717) is 44.0 Å². The zero-order chi connectivity index (χ0) is 19.4. The van der Waals surface area contributed by atoms with Crippen LogP contribution >= 0.6 is 0 Å². The van der Waals surface area contributed by atoms with Crippen molar-refractivity contribution in [1.82, 2.24) is 9.88 Å². The number of carbonyl (C=O) groups is 2. The number of aromatic carboxylic acids is 1. The molecular formula is C20H22N2O5. The first-order valence-corrected chi connectivity index (χ1v) is 8.93. The van der Waals surface area contributed by atoms with E-state index < -0.39 is 5.97 Å². The second-order valence-corrected chi connectivity index (χ2v) is 6.15. The SMILES string of the molecule is CCOc1cc2c(cc1OCC)CN(C(=O)c1ccc(C(=O)O)nc1)CC2. The summed E-state index contributed by atoms with van der Waals surface area (Å²) in [4.78, 5) is 29.2. The minimum absolute atomic E-state index is 0.0830. The minimum atomic E-state index is -1.12. The van der Waals surface area contributed by atoms with Gasteiger partial charge in [-0.25, -0.2) is 9.78 Å². The molecule has 7 nitrogen and oxygen atoms in total. The molecule has 1 aromatic carbocycles. The third kappa shape index (κ3) is 4.02. The van der Waals surface area contributed by atoms with Crippen molar-refractivity contribution in [1.29, 1.82) is 0 Å². The fourth-order valence-corrected chi connectivity index (χ4v) is 3.10. The van der Waals surface area contributed by atoms with Crippen molar-refractivity contribution < 1.29 is 24.2 Å². The van der Waals surface area contributed by atoms with Gasteiger partial charge in [0.2, 0.25) is 0 Å². The number of carbonyl (C=O) groups excluding carboxylic acids is 1. The maximum atomic E-state index is 12.8. The number of rotatable bonds is 6. The number of aromatic nitrogens is 1. The van der Waals surface area contributed by atoms with E-state index in [4.69, 9.17) is 14.6 Å². The van der Waals surface area contributed by atoms with Gasteiger partial charge in [-0.15, -0.1) is 0 Å². The van der Waals surface area contributed by atoms with Gasteiger partial charge >= 0.3 is 5.97 Å². The van der Waals surface area contributed by atoms with E-state index in [9.17, 15) is 9.59 Å². The minimum Gasteiger partial charge on any atom is -0.490 e. The smallest absolute Gasteiger partial charge is 0.354 e. The molecule has 7 heteroatoms. The monoisotopic (exact) mass is 370 g/mol. The van der Waals surface area contributed by atoms with Crippen LogP contribution in [-0.4, -0.2) is 46.6 Å². The summed E-state index contributed by atoms with van der Waals surface area (Å²) in [5.74, 6) is 0.123. The molecule has 0 bridgehead atoms. The van der Waals surface area contributed by atoms with Crippen molar-refractivity contribution in [2.24, 2.45) is 0 Å². The van der Waals surface area contributed by atoms with Crippen LogP contribution in [0.3, 0.4) is 0 Å². The van der Waals surface area contributed by atoms with Crippen molar-refractivity contribution in [2.45, 2.75) is 26.8 Å². The predicted molar refractivity (Wildman–Crippen MR) is 98.4 cm³/mol. The fourth-order valence-electron chi connectivity index (χ4n) is 3.10. The highest BCUT2D eigenvalue weighted by molar-refractivity contribution is 5.95. The summed E-state index contributed by atoms with van der Waals surface area (Å²) in [6.45, 7) is 5.97. The number of nitrogens with zero attached hydrogens (tertiary/aromatic N) is 2. The number of pyridine rings is 1. The molecule has 0 saturated carbocycles. The topological polar surface area (TPSA) is 89.0 Å². The summed E-state index contributed by atoms with van der Waals surface area (Å²) in [5, 5.41) is 8.92. The van der Waals surface area contributed by atoms with E-state index in [1.165, 1.54) is 18.3 Å². The van der Waals surface area contributed by atoms with Gasteiger partial charge in [-0.1, -0.05) is 0 Å². The molecule has 1 amide bonds. The first-order valence-electron chi connectivity index (χ1n) is 8.93. The molecule has 1 aliphatic heterocycles. The van der Waals surface area contributed by atoms with Crippen LogP contribution in [0.15, 0.2) is 30.5 Å². The van der Waals surface area contributed by atoms with Gasteiger partial charge in [-0.05, 0) is 55.7 Å². The molecule has 1 N–H and O–H groups in total. The van der Waals surface area contributed by atoms with Gasteiger partial charge in [-0.2, -0.15) is 0 Å². The van der Waals surface area contributed by atoms with Crippen LogP contribution in [0.2, 0.25) is 0 Å². The van der Waals surface area contributed by atoms with Gasteiger partial charge in [0.1, 0.15) is 5.69 Å².